The molecule has 1 amide bonds. The fourth-order valence-electron chi connectivity index (χ4n) is 3.29. The third-order valence-electron chi connectivity index (χ3n) is 4.77. The molecule has 0 atom stereocenters. The molecular weight excluding hydrogens is 368 g/mol. The summed E-state index contributed by atoms with van der Waals surface area (Å²) in [5.74, 6) is -0.0830. The lowest BCUT2D eigenvalue weighted by Gasteiger charge is -2.20. The van der Waals surface area contributed by atoms with E-state index in [-0.39, 0.29) is 5.91 Å². The number of hydrogen-bond donors (Lipinski definition) is 0. The molecule has 4 aromatic rings. The molecule has 5 nitrogen and oxygen atoms in total. The molecule has 0 bridgehead atoms. The van der Waals surface area contributed by atoms with Gasteiger partial charge in [0.15, 0.2) is 5.13 Å². The number of thiazole rings is 1. The van der Waals surface area contributed by atoms with Crippen LogP contribution in [0.1, 0.15) is 35.5 Å². The van der Waals surface area contributed by atoms with Crippen molar-refractivity contribution in [2.45, 2.75) is 33.4 Å². The molecule has 0 spiro atoms. The third-order valence-corrected chi connectivity index (χ3v) is 5.81. The van der Waals surface area contributed by atoms with Crippen LogP contribution in [0.3, 0.4) is 0 Å². The fourth-order valence-corrected chi connectivity index (χ4v) is 4.30. The zero-order chi connectivity index (χ0) is 19.5. The Balaban J connectivity index is 1.80. The van der Waals surface area contributed by atoms with Crippen LogP contribution >= 0.6 is 11.3 Å². The second-order valence-electron chi connectivity index (χ2n) is 6.52. The van der Waals surface area contributed by atoms with E-state index >= 15 is 0 Å². The number of anilines is 1. The molecule has 0 saturated heterocycles. The van der Waals surface area contributed by atoms with Gasteiger partial charge in [0, 0.05) is 12.7 Å². The number of carbonyl (C=O) groups is 1. The van der Waals surface area contributed by atoms with Crippen molar-refractivity contribution in [3.8, 4) is 0 Å². The second kappa shape index (κ2) is 7.94. The number of fused-ring (bicyclic) bond motifs is 1. The van der Waals surface area contributed by atoms with Crippen LogP contribution < -0.4 is 4.90 Å². The summed E-state index contributed by atoms with van der Waals surface area (Å²) in [6.45, 7) is 5.22. The van der Waals surface area contributed by atoms with Gasteiger partial charge in [-0.2, -0.15) is 5.10 Å². The van der Waals surface area contributed by atoms with E-state index in [0.717, 1.165) is 22.2 Å². The molecule has 2 heterocycles. The number of para-hydroxylation sites is 1. The van der Waals surface area contributed by atoms with Crippen molar-refractivity contribution >= 4 is 32.6 Å². The normalized spacial score (nSPS) is 11.1. The molecule has 0 aliphatic heterocycles. The van der Waals surface area contributed by atoms with Crippen molar-refractivity contribution in [1.29, 1.82) is 0 Å². The summed E-state index contributed by atoms with van der Waals surface area (Å²) < 4.78 is 2.83. The van der Waals surface area contributed by atoms with Crippen LogP contribution in [0.4, 0.5) is 5.13 Å². The zero-order valence-corrected chi connectivity index (χ0v) is 16.8. The van der Waals surface area contributed by atoms with Crippen LogP contribution in [0.25, 0.3) is 10.2 Å². The van der Waals surface area contributed by atoms with E-state index < -0.39 is 0 Å². The first kappa shape index (κ1) is 18.4. The van der Waals surface area contributed by atoms with Crippen molar-refractivity contribution in [3.63, 3.8) is 0 Å². The molecule has 0 radical (unpaired) electrons. The van der Waals surface area contributed by atoms with Crippen LogP contribution in [0.5, 0.6) is 0 Å². The number of amides is 1. The summed E-state index contributed by atoms with van der Waals surface area (Å²) >= 11 is 1.56. The Kier molecular flexibility index (Phi) is 5.21. The molecule has 6 heteroatoms. The first-order valence-electron chi connectivity index (χ1n) is 9.47. The number of rotatable bonds is 6. The lowest BCUT2D eigenvalue weighted by atomic mass is 10.1. The Bertz CT molecular complexity index is 1100. The van der Waals surface area contributed by atoms with Crippen molar-refractivity contribution in [2.75, 3.05) is 4.90 Å². The third kappa shape index (κ3) is 3.43. The largest absolute Gasteiger partial charge is 0.278 e. The van der Waals surface area contributed by atoms with E-state index in [1.807, 2.05) is 37.3 Å². The molecule has 2 aromatic heterocycles. The molecule has 0 aliphatic carbocycles. The Morgan fingerprint density at radius 2 is 1.89 bits per heavy atom. The van der Waals surface area contributed by atoms with Gasteiger partial charge in [0.1, 0.15) is 5.69 Å². The van der Waals surface area contributed by atoms with E-state index in [4.69, 9.17) is 4.98 Å². The maximum atomic E-state index is 13.5. The SMILES string of the molecule is CCc1cccc2sc(N(Cc3ccccc3)C(=O)c3ccnn3CC)nc12. The predicted octanol–water partition coefficient (Wildman–Crippen LogP) is 4.92. The van der Waals surface area contributed by atoms with E-state index in [1.54, 1.807) is 33.2 Å². The van der Waals surface area contributed by atoms with Crippen molar-refractivity contribution in [2.24, 2.45) is 0 Å². The molecule has 0 fully saturated rings. The zero-order valence-electron chi connectivity index (χ0n) is 16.0. The summed E-state index contributed by atoms with van der Waals surface area (Å²) in [5.41, 5.74) is 3.83. The van der Waals surface area contributed by atoms with E-state index in [9.17, 15) is 4.79 Å². The molecule has 0 N–H and O–H groups in total. The highest BCUT2D eigenvalue weighted by atomic mass is 32.1. The van der Waals surface area contributed by atoms with E-state index in [2.05, 4.69) is 30.2 Å². The smallest absolute Gasteiger partial charge is 0.278 e. The molecule has 0 unspecified atom stereocenters. The minimum Gasteiger partial charge on any atom is -0.278 e. The lowest BCUT2D eigenvalue weighted by molar-refractivity contribution is 0.0975. The van der Waals surface area contributed by atoms with Gasteiger partial charge in [-0.15, -0.1) is 0 Å². The molecule has 2 aromatic carbocycles. The molecule has 0 aliphatic rings. The highest BCUT2D eigenvalue weighted by molar-refractivity contribution is 7.22. The first-order valence-corrected chi connectivity index (χ1v) is 10.3. The average molecular weight is 391 g/mol. The van der Waals surface area contributed by atoms with Gasteiger partial charge in [0.2, 0.25) is 0 Å². The van der Waals surface area contributed by atoms with Crippen LogP contribution in [-0.4, -0.2) is 20.7 Å². The van der Waals surface area contributed by atoms with Crippen LogP contribution in [0.15, 0.2) is 60.8 Å². The summed E-state index contributed by atoms with van der Waals surface area (Å²) in [6, 6.07) is 18.0. The van der Waals surface area contributed by atoms with Gasteiger partial charge in [-0.05, 0) is 36.6 Å². The number of hydrogen-bond acceptors (Lipinski definition) is 4. The Morgan fingerprint density at radius 1 is 1.07 bits per heavy atom. The Labute approximate surface area is 168 Å². The summed E-state index contributed by atoms with van der Waals surface area (Å²) in [6.07, 6.45) is 2.58. The van der Waals surface area contributed by atoms with Crippen molar-refractivity contribution in [3.05, 3.63) is 77.6 Å². The van der Waals surface area contributed by atoms with Gasteiger partial charge in [0.05, 0.1) is 16.8 Å². The quantitative estimate of drug-likeness (QED) is 0.469. The maximum Gasteiger partial charge on any atom is 0.278 e. The number of carbonyl (C=O) groups excluding carboxylic acids is 1. The molecule has 4 rings (SSSR count). The number of nitrogens with zero attached hydrogens (tertiary/aromatic N) is 4. The molecule has 142 valence electrons. The van der Waals surface area contributed by atoms with E-state index in [1.165, 1.54) is 5.56 Å². The van der Waals surface area contributed by atoms with Crippen LogP contribution in [0.2, 0.25) is 0 Å². The number of aromatic nitrogens is 3. The van der Waals surface area contributed by atoms with Crippen molar-refractivity contribution < 1.29 is 4.79 Å². The van der Waals surface area contributed by atoms with Gasteiger partial charge >= 0.3 is 0 Å². The predicted molar refractivity (Wildman–Crippen MR) is 114 cm³/mol. The first-order chi connectivity index (χ1) is 13.7. The number of aryl methyl sites for hydroxylation is 2. The molecule has 28 heavy (non-hydrogen) atoms. The Morgan fingerprint density at radius 3 is 2.64 bits per heavy atom. The van der Waals surface area contributed by atoms with Gasteiger partial charge in [-0.3, -0.25) is 14.4 Å². The average Bonchev–Trinajstić information content (AvgIpc) is 3.38. The standard InChI is InChI=1S/C22H22N4OS/c1-3-17-11-8-12-19-20(17)24-22(28-19)25(15-16-9-6-5-7-10-16)21(27)18-13-14-23-26(18)4-2/h5-14H,3-4,15H2,1-2H3. The Hall–Kier alpha value is -2.99. The topological polar surface area (TPSA) is 51.0 Å². The lowest BCUT2D eigenvalue weighted by Crippen LogP contribution is -2.32. The summed E-state index contributed by atoms with van der Waals surface area (Å²) in [7, 11) is 0. The van der Waals surface area contributed by atoms with E-state index in [0.29, 0.717) is 23.9 Å². The van der Waals surface area contributed by atoms with Crippen molar-refractivity contribution in [1.82, 2.24) is 14.8 Å². The van der Waals surface area contributed by atoms with Gasteiger partial charge in [-0.25, -0.2) is 4.98 Å². The monoisotopic (exact) mass is 390 g/mol. The fraction of sp³-hybridized carbons (Fsp3) is 0.227. The van der Waals surface area contributed by atoms with Gasteiger partial charge < -0.3 is 0 Å². The number of benzene rings is 2. The molecular formula is C22H22N4OS. The minimum atomic E-state index is -0.0830. The highest BCUT2D eigenvalue weighted by Gasteiger charge is 2.24. The van der Waals surface area contributed by atoms with Crippen LogP contribution in [0, 0.1) is 0 Å². The van der Waals surface area contributed by atoms with Gasteiger partial charge in [-0.1, -0.05) is 60.7 Å². The molecule has 0 saturated carbocycles. The summed E-state index contributed by atoms with van der Waals surface area (Å²) in [4.78, 5) is 20.1. The minimum absolute atomic E-state index is 0.0830. The van der Waals surface area contributed by atoms with Crippen LogP contribution in [-0.2, 0) is 19.5 Å². The second-order valence-corrected chi connectivity index (χ2v) is 7.53. The summed E-state index contributed by atoms with van der Waals surface area (Å²) in [5, 5.41) is 4.98. The highest BCUT2D eigenvalue weighted by Crippen LogP contribution is 2.32. The van der Waals surface area contributed by atoms with Gasteiger partial charge in [0.25, 0.3) is 5.91 Å². The maximum absolute atomic E-state index is 13.5.